The summed E-state index contributed by atoms with van der Waals surface area (Å²) in [5, 5.41) is 63.6. The first-order valence-electron chi connectivity index (χ1n) is 33.1. The first-order valence-corrected chi connectivity index (χ1v) is 33.1. The Labute approximate surface area is 576 Å². The fraction of sp³-hybridized carbons (Fsp3) is 0.537. The Morgan fingerprint density at radius 3 is 1.06 bits per heavy atom. The van der Waals surface area contributed by atoms with Crippen LogP contribution in [0.1, 0.15) is 130 Å². The highest BCUT2D eigenvalue weighted by atomic mass is 16.4. The molecular formula is C67H103N17O15. The van der Waals surface area contributed by atoms with E-state index in [1.807, 2.05) is 0 Å². The molecule has 99 heavy (non-hydrogen) atoms. The number of amides is 10. The zero-order chi connectivity index (χ0) is 74.2. The van der Waals surface area contributed by atoms with Gasteiger partial charge in [0.05, 0.1) is 12.5 Å². The predicted octanol–water partition coefficient (Wildman–Crippen LogP) is -1.23. The number of aromatic hydroxyl groups is 3. The van der Waals surface area contributed by atoms with E-state index in [0.717, 1.165) is 0 Å². The van der Waals surface area contributed by atoms with E-state index < -0.39 is 144 Å². The summed E-state index contributed by atoms with van der Waals surface area (Å²) in [5.41, 5.74) is 35.6. The van der Waals surface area contributed by atoms with Crippen molar-refractivity contribution >= 4 is 77.0 Å². The van der Waals surface area contributed by atoms with E-state index in [9.17, 15) is 73.2 Å². The van der Waals surface area contributed by atoms with E-state index in [0.29, 0.717) is 23.1 Å². The van der Waals surface area contributed by atoms with E-state index >= 15 is 0 Å². The van der Waals surface area contributed by atoms with Crippen molar-refractivity contribution in [3.05, 3.63) is 89.5 Å². The Morgan fingerprint density at radius 2 is 0.697 bits per heavy atom. The molecule has 0 aliphatic carbocycles. The number of benzene rings is 3. The standard InChI is InChI=1S/C67H103N17O15/c1-9-37(7)54(83-56(89)45(68)31-39-15-21-42(85)22-16-39)63(96)81-51(34-53(69)88)61(94)79-49(30-36(5)6)62(95)84-55(38(8)10-2)64(97)80-50(32-40-17-23-43(86)24-18-40)60(93)77-46(13-11-27-74-66(70)71)57(90)78-48(29-35(3)4)59(92)76-47(14-12-28-75-67(72)73)58(91)82-52(65(98)99)33-41-19-25-44(87)26-20-41/h15-26,35-38,45-52,54-55,85-87H,9-14,27-34,68H2,1-8H3,(H2,69,88)(H,76,92)(H,77,93)(H,78,90)(H,79,94)(H,80,97)(H,81,96)(H,82,91)(H,83,89)(H,84,95)(H,98,99)(H4,70,71,74)(H4,72,73,75)/t37-,38-,45-,46-,47-,48-,49-,50-,51-,52-,54-,55-/m0/s1. The SMILES string of the molecule is CC[C@H](C)[C@H](NC(=O)[C@H](CC(C)C)NC(=O)[C@H](CC(N)=O)NC(=O)[C@@H](NC(=O)[C@@H](N)Cc1ccc(O)cc1)[C@@H](C)CC)C(=O)N[C@@H](Cc1ccc(O)cc1)C(=O)N[C@@H](CCCN=C(N)N)C(=O)N[C@@H](CC(C)C)C(=O)N[C@@H](CCCN=C(N)N)C(=O)N[C@@H](Cc1ccc(O)cc1)C(=O)O. The molecule has 0 unspecified atom stereocenters. The first kappa shape index (κ1) is 83.0. The fourth-order valence-corrected chi connectivity index (χ4v) is 10.3. The minimum atomic E-state index is -1.68. The molecule has 25 N–H and O–H groups in total. The summed E-state index contributed by atoms with van der Waals surface area (Å²) < 4.78 is 0. The van der Waals surface area contributed by atoms with Crippen molar-refractivity contribution in [1.82, 2.24) is 47.9 Å². The smallest absolute Gasteiger partial charge is 0.326 e. The molecule has 12 atom stereocenters. The predicted molar refractivity (Wildman–Crippen MR) is 370 cm³/mol. The second-order valence-electron chi connectivity index (χ2n) is 25.6. The third-order valence-electron chi connectivity index (χ3n) is 16.2. The molecule has 0 heterocycles. The molecule has 32 heteroatoms. The molecular weight excluding hydrogens is 1280 g/mol. The summed E-state index contributed by atoms with van der Waals surface area (Å²) >= 11 is 0. The number of phenolic OH excluding ortho intramolecular Hbond substituents is 3. The maximum Gasteiger partial charge on any atom is 0.326 e. The Kier molecular flexibility index (Phi) is 35.0. The summed E-state index contributed by atoms with van der Waals surface area (Å²) in [6, 6.07) is 3.10. The largest absolute Gasteiger partial charge is 0.508 e. The van der Waals surface area contributed by atoms with Crippen molar-refractivity contribution in [2.45, 2.75) is 193 Å². The van der Waals surface area contributed by atoms with Crippen LogP contribution in [-0.4, -0.2) is 171 Å². The molecule has 3 aromatic carbocycles. The van der Waals surface area contributed by atoms with Gasteiger partial charge < -0.3 is 103 Å². The monoisotopic (exact) mass is 1390 g/mol. The van der Waals surface area contributed by atoms with Crippen LogP contribution >= 0.6 is 0 Å². The van der Waals surface area contributed by atoms with Gasteiger partial charge >= 0.3 is 5.97 Å². The maximum atomic E-state index is 14.9. The quantitative estimate of drug-likeness (QED) is 0.0179. The number of phenols is 3. The number of aliphatic imine (C=N–C) groups is 2. The van der Waals surface area contributed by atoms with Gasteiger partial charge in [-0.15, -0.1) is 0 Å². The molecule has 0 aliphatic rings. The van der Waals surface area contributed by atoms with E-state index in [-0.39, 0.29) is 118 Å². The maximum absolute atomic E-state index is 14.9. The Morgan fingerprint density at radius 1 is 0.394 bits per heavy atom. The zero-order valence-corrected chi connectivity index (χ0v) is 57.5. The van der Waals surface area contributed by atoms with Gasteiger partial charge in [-0.05, 0) is 122 Å². The van der Waals surface area contributed by atoms with Gasteiger partial charge in [0, 0.05) is 25.9 Å². The van der Waals surface area contributed by atoms with Crippen LogP contribution in [0.25, 0.3) is 0 Å². The molecule has 0 saturated heterocycles. The zero-order valence-electron chi connectivity index (χ0n) is 57.5. The van der Waals surface area contributed by atoms with Gasteiger partial charge in [0.2, 0.25) is 59.1 Å². The van der Waals surface area contributed by atoms with Crippen molar-refractivity contribution in [3.63, 3.8) is 0 Å². The molecule has 0 aromatic heterocycles. The van der Waals surface area contributed by atoms with E-state index in [4.69, 9.17) is 34.4 Å². The number of nitrogens with two attached hydrogens (primary N) is 6. The molecule has 3 aromatic rings. The lowest BCUT2D eigenvalue weighted by Crippen LogP contribution is -2.62. The molecule has 32 nitrogen and oxygen atoms in total. The van der Waals surface area contributed by atoms with Crippen molar-refractivity contribution < 1.29 is 73.2 Å². The number of nitrogens with one attached hydrogen (secondary N) is 9. The van der Waals surface area contributed by atoms with Gasteiger partial charge in [0.25, 0.3) is 0 Å². The molecule has 0 aliphatic heterocycles. The van der Waals surface area contributed by atoms with Crippen LogP contribution in [0.5, 0.6) is 17.2 Å². The van der Waals surface area contributed by atoms with E-state index in [1.54, 1.807) is 67.5 Å². The molecule has 10 amide bonds. The van der Waals surface area contributed by atoms with Crippen molar-refractivity contribution in [2.75, 3.05) is 13.1 Å². The third kappa shape index (κ3) is 30.4. The number of carboxylic acids is 1. The van der Waals surface area contributed by atoms with Gasteiger partial charge in [0.15, 0.2) is 11.9 Å². The Hall–Kier alpha value is -10.3. The Balaban J connectivity index is 2.00. The number of guanidine groups is 2. The molecule has 3 rings (SSSR count). The fourth-order valence-electron chi connectivity index (χ4n) is 10.3. The highest BCUT2D eigenvalue weighted by Gasteiger charge is 2.38. The van der Waals surface area contributed by atoms with Gasteiger partial charge in [0.1, 0.15) is 71.6 Å². The van der Waals surface area contributed by atoms with E-state index in [2.05, 4.69) is 57.8 Å². The van der Waals surface area contributed by atoms with Gasteiger partial charge in [-0.1, -0.05) is 105 Å². The number of carboxylic acid groups (broad SMARTS) is 1. The van der Waals surface area contributed by atoms with Gasteiger partial charge in [-0.25, -0.2) is 4.79 Å². The number of carbonyl (C=O) groups excluding carboxylic acids is 10. The second kappa shape index (κ2) is 41.7. The normalized spacial score (nSPS) is 14.8. The highest BCUT2D eigenvalue weighted by molar-refractivity contribution is 5.99. The summed E-state index contributed by atoms with van der Waals surface area (Å²) in [5.74, 6) is -12.8. The van der Waals surface area contributed by atoms with Gasteiger partial charge in [-0.3, -0.25) is 57.9 Å². The number of rotatable bonds is 43. The summed E-state index contributed by atoms with van der Waals surface area (Å²) in [6.45, 7) is 13.8. The van der Waals surface area contributed by atoms with E-state index in [1.165, 1.54) is 60.7 Å². The number of hydrogen-bond acceptors (Lipinski definition) is 17. The lowest BCUT2D eigenvalue weighted by molar-refractivity contribution is -0.142. The topological polar surface area (TPSA) is 558 Å². The van der Waals surface area contributed by atoms with Crippen molar-refractivity contribution in [2.24, 2.45) is 68.1 Å². The molecule has 0 radical (unpaired) electrons. The minimum Gasteiger partial charge on any atom is -0.508 e. The molecule has 0 saturated carbocycles. The van der Waals surface area contributed by atoms with Gasteiger partial charge in [-0.2, -0.15) is 0 Å². The highest BCUT2D eigenvalue weighted by Crippen LogP contribution is 2.19. The number of carbonyl (C=O) groups is 11. The summed E-state index contributed by atoms with van der Waals surface area (Å²) in [6.07, 6.45) is -0.666. The second-order valence-corrected chi connectivity index (χ2v) is 25.6. The molecule has 0 bridgehead atoms. The first-order chi connectivity index (χ1) is 46.6. The average molecular weight is 1390 g/mol. The van der Waals surface area contributed by atoms with Crippen LogP contribution in [0.15, 0.2) is 82.8 Å². The number of primary amides is 1. The number of aliphatic carboxylic acids is 1. The summed E-state index contributed by atoms with van der Waals surface area (Å²) in [4.78, 5) is 162. The number of hydrogen-bond donors (Lipinski definition) is 19. The number of nitrogens with zero attached hydrogens (tertiary/aromatic N) is 2. The van der Waals surface area contributed by atoms with Crippen molar-refractivity contribution in [3.8, 4) is 17.2 Å². The minimum absolute atomic E-state index is 0.00873. The van der Waals surface area contributed by atoms with Crippen LogP contribution in [0.2, 0.25) is 0 Å². The molecule has 546 valence electrons. The van der Waals surface area contributed by atoms with Crippen LogP contribution in [-0.2, 0) is 72.0 Å². The average Bonchev–Trinajstić information content (AvgIpc) is 0.851. The third-order valence-corrected chi connectivity index (χ3v) is 16.2. The molecule has 0 fully saturated rings. The lowest BCUT2D eigenvalue weighted by atomic mass is 9.95. The Bertz CT molecular complexity index is 3230. The van der Waals surface area contributed by atoms with Crippen LogP contribution in [0.3, 0.4) is 0 Å². The van der Waals surface area contributed by atoms with Crippen LogP contribution < -0.4 is 82.3 Å². The van der Waals surface area contributed by atoms with Crippen molar-refractivity contribution in [1.29, 1.82) is 0 Å². The summed E-state index contributed by atoms with van der Waals surface area (Å²) in [7, 11) is 0. The molecule has 0 spiro atoms. The van der Waals surface area contributed by atoms with Crippen LogP contribution in [0, 0.1) is 23.7 Å². The van der Waals surface area contributed by atoms with Crippen LogP contribution in [0.4, 0.5) is 0 Å². The lowest BCUT2D eigenvalue weighted by Gasteiger charge is -2.30.